The molecule has 0 saturated heterocycles. The van der Waals surface area contributed by atoms with Gasteiger partial charge in [-0.05, 0) is 71.3 Å². The zero-order valence-corrected chi connectivity index (χ0v) is 20.0. The second-order valence-corrected chi connectivity index (χ2v) is 8.11. The Kier molecular flexibility index (Phi) is 9.87. The van der Waals surface area contributed by atoms with Gasteiger partial charge in [0.1, 0.15) is 24.7 Å². The molecule has 0 aliphatic carbocycles. The fraction of sp³-hybridized carbons (Fsp3) is 0.276. The van der Waals surface area contributed by atoms with Crippen molar-refractivity contribution in [3.63, 3.8) is 0 Å². The topological polar surface area (TPSA) is 65.0 Å². The van der Waals surface area contributed by atoms with Crippen LogP contribution >= 0.6 is 0 Å². The van der Waals surface area contributed by atoms with E-state index in [9.17, 15) is 14.3 Å². The number of phenols is 1. The maximum absolute atomic E-state index is 12.7. The first kappa shape index (κ1) is 26.0. The standard InChI is InChI=1S/C29H31FO5/c1-21(20-33-2)29(32)35-18-17-34-27-13-8-23(9-14-27)28-15-10-24(19-25(28)5-3-4-16-30)22-6-11-26(31)12-7-22/h6-15,19,31H,1,3-5,16-18,20H2,2H3. The lowest BCUT2D eigenvalue weighted by atomic mass is 9.92. The SMILES string of the molecule is C=C(COC)C(=O)OCCOc1ccc(-c2ccc(-c3ccc(O)cc3)cc2CCCCF)cc1. The van der Waals surface area contributed by atoms with Gasteiger partial charge in [0.15, 0.2) is 0 Å². The summed E-state index contributed by atoms with van der Waals surface area (Å²) < 4.78 is 28.4. The van der Waals surface area contributed by atoms with Crippen LogP contribution in [0.25, 0.3) is 22.3 Å². The lowest BCUT2D eigenvalue weighted by molar-refractivity contribution is -0.140. The van der Waals surface area contributed by atoms with Crippen molar-refractivity contribution in [3.8, 4) is 33.8 Å². The summed E-state index contributed by atoms with van der Waals surface area (Å²) in [6, 6.07) is 21.1. The molecule has 0 aromatic heterocycles. The van der Waals surface area contributed by atoms with Gasteiger partial charge in [-0.1, -0.05) is 49.0 Å². The van der Waals surface area contributed by atoms with Crippen molar-refractivity contribution in [2.45, 2.75) is 19.3 Å². The highest BCUT2D eigenvalue weighted by molar-refractivity contribution is 5.87. The van der Waals surface area contributed by atoms with Crippen LogP contribution < -0.4 is 4.74 Å². The summed E-state index contributed by atoms with van der Waals surface area (Å²) in [6.45, 7) is 3.75. The molecule has 6 heteroatoms. The predicted molar refractivity (Wildman–Crippen MR) is 135 cm³/mol. The maximum Gasteiger partial charge on any atom is 0.335 e. The number of hydrogen-bond donors (Lipinski definition) is 1. The zero-order valence-electron chi connectivity index (χ0n) is 20.0. The van der Waals surface area contributed by atoms with E-state index in [2.05, 4.69) is 24.8 Å². The Balaban J connectivity index is 1.68. The van der Waals surface area contributed by atoms with E-state index in [0.717, 1.165) is 40.7 Å². The number of carbonyl (C=O) groups excluding carboxylic acids is 1. The molecule has 0 fully saturated rings. The molecule has 184 valence electrons. The smallest absolute Gasteiger partial charge is 0.335 e. The number of methoxy groups -OCH3 is 1. The molecule has 0 aliphatic rings. The first-order valence-corrected chi connectivity index (χ1v) is 11.6. The van der Waals surface area contributed by atoms with Crippen LogP contribution in [0.5, 0.6) is 11.5 Å². The minimum atomic E-state index is -0.498. The zero-order chi connectivity index (χ0) is 25.0. The van der Waals surface area contributed by atoms with E-state index in [-0.39, 0.29) is 37.8 Å². The molecule has 0 radical (unpaired) electrons. The van der Waals surface area contributed by atoms with Gasteiger partial charge in [0.25, 0.3) is 0 Å². The number of phenolic OH excluding ortho intramolecular Hbond substituents is 1. The number of aryl methyl sites for hydroxylation is 1. The van der Waals surface area contributed by atoms with Crippen molar-refractivity contribution in [2.24, 2.45) is 0 Å². The van der Waals surface area contributed by atoms with Crippen LogP contribution in [0, 0.1) is 0 Å². The van der Waals surface area contributed by atoms with E-state index in [1.165, 1.54) is 7.11 Å². The number of aromatic hydroxyl groups is 1. The summed E-state index contributed by atoms with van der Waals surface area (Å²) in [6.07, 6.45) is 2.06. The van der Waals surface area contributed by atoms with Crippen LogP contribution in [0.3, 0.4) is 0 Å². The number of unbranched alkanes of at least 4 members (excludes halogenated alkanes) is 1. The van der Waals surface area contributed by atoms with E-state index in [0.29, 0.717) is 12.2 Å². The van der Waals surface area contributed by atoms with E-state index >= 15 is 0 Å². The maximum atomic E-state index is 12.7. The van der Waals surface area contributed by atoms with Crippen molar-refractivity contribution < 1.29 is 28.5 Å². The third kappa shape index (κ3) is 7.69. The molecule has 3 aromatic carbocycles. The largest absolute Gasteiger partial charge is 0.508 e. The summed E-state index contributed by atoms with van der Waals surface area (Å²) in [5.41, 5.74) is 5.58. The molecule has 0 spiro atoms. The van der Waals surface area contributed by atoms with Crippen molar-refractivity contribution in [1.29, 1.82) is 0 Å². The van der Waals surface area contributed by atoms with Crippen LogP contribution in [0.2, 0.25) is 0 Å². The Morgan fingerprint density at radius 1 is 0.914 bits per heavy atom. The van der Waals surface area contributed by atoms with Gasteiger partial charge in [-0.25, -0.2) is 4.79 Å². The van der Waals surface area contributed by atoms with Crippen LogP contribution in [-0.4, -0.2) is 44.7 Å². The van der Waals surface area contributed by atoms with Crippen LogP contribution in [-0.2, 0) is 20.7 Å². The number of ether oxygens (including phenoxy) is 3. The Morgan fingerprint density at radius 2 is 1.60 bits per heavy atom. The second kappa shape index (κ2) is 13.3. The highest BCUT2D eigenvalue weighted by atomic mass is 19.1. The number of esters is 1. The highest BCUT2D eigenvalue weighted by Gasteiger charge is 2.10. The first-order chi connectivity index (χ1) is 17.0. The predicted octanol–water partition coefficient (Wildman–Crippen LogP) is 6.14. The third-order valence-corrected chi connectivity index (χ3v) is 5.49. The summed E-state index contributed by atoms with van der Waals surface area (Å²) >= 11 is 0. The van der Waals surface area contributed by atoms with Crippen LogP contribution in [0.4, 0.5) is 4.39 Å². The van der Waals surface area contributed by atoms with Crippen molar-refractivity contribution in [1.82, 2.24) is 0 Å². The normalized spacial score (nSPS) is 10.7. The van der Waals surface area contributed by atoms with Gasteiger partial charge in [0, 0.05) is 7.11 Å². The van der Waals surface area contributed by atoms with Gasteiger partial charge in [-0.3, -0.25) is 4.39 Å². The Bertz CT molecular complexity index is 1110. The van der Waals surface area contributed by atoms with E-state index < -0.39 is 5.97 Å². The number of hydrogen-bond acceptors (Lipinski definition) is 5. The number of alkyl halides is 1. The number of halogens is 1. The number of carbonyl (C=O) groups is 1. The molecule has 5 nitrogen and oxygen atoms in total. The van der Waals surface area contributed by atoms with Crippen molar-refractivity contribution >= 4 is 5.97 Å². The number of benzene rings is 3. The number of rotatable bonds is 13. The monoisotopic (exact) mass is 478 g/mol. The Morgan fingerprint density at radius 3 is 2.29 bits per heavy atom. The summed E-state index contributed by atoms with van der Waals surface area (Å²) in [5, 5.41) is 9.57. The van der Waals surface area contributed by atoms with E-state index in [1.807, 2.05) is 36.4 Å². The van der Waals surface area contributed by atoms with Gasteiger partial charge in [-0.2, -0.15) is 0 Å². The molecular weight excluding hydrogens is 447 g/mol. The minimum absolute atomic E-state index is 0.112. The van der Waals surface area contributed by atoms with Crippen LogP contribution in [0.15, 0.2) is 78.9 Å². The third-order valence-electron chi connectivity index (χ3n) is 5.49. The van der Waals surface area contributed by atoms with Crippen molar-refractivity contribution in [2.75, 3.05) is 33.6 Å². The molecule has 0 atom stereocenters. The molecule has 0 aliphatic heterocycles. The van der Waals surface area contributed by atoms with E-state index in [1.54, 1.807) is 12.1 Å². The van der Waals surface area contributed by atoms with Crippen LogP contribution in [0.1, 0.15) is 18.4 Å². The fourth-order valence-corrected chi connectivity index (χ4v) is 3.69. The molecule has 0 heterocycles. The molecule has 0 unspecified atom stereocenters. The quantitative estimate of drug-likeness (QED) is 0.182. The molecule has 3 rings (SSSR count). The highest BCUT2D eigenvalue weighted by Crippen LogP contribution is 2.31. The summed E-state index contributed by atoms with van der Waals surface area (Å²) in [7, 11) is 1.49. The average molecular weight is 479 g/mol. The van der Waals surface area contributed by atoms with Gasteiger partial charge in [-0.15, -0.1) is 0 Å². The van der Waals surface area contributed by atoms with Crippen molar-refractivity contribution in [3.05, 3.63) is 84.4 Å². The minimum Gasteiger partial charge on any atom is -0.508 e. The molecule has 0 saturated carbocycles. The molecule has 0 bridgehead atoms. The fourth-order valence-electron chi connectivity index (χ4n) is 3.69. The molecule has 1 N–H and O–H groups in total. The lowest BCUT2D eigenvalue weighted by Crippen LogP contribution is -2.15. The Labute approximate surface area is 205 Å². The molecular formula is C29H31FO5. The summed E-state index contributed by atoms with van der Waals surface area (Å²) in [4.78, 5) is 11.7. The van der Waals surface area contributed by atoms with E-state index in [4.69, 9.17) is 14.2 Å². The molecule has 3 aromatic rings. The molecule has 0 amide bonds. The second-order valence-electron chi connectivity index (χ2n) is 8.11. The van der Waals surface area contributed by atoms with Gasteiger partial charge in [0.05, 0.1) is 18.9 Å². The average Bonchev–Trinajstić information content (AvgIpc) is 2.87. The Hall–Kier alpha value is -3.64. The first-order valence-electron chi connectivity index (χ1n) is 11.6. The molecule has 35 heavy (non-hydrogen) atoms. The lowest BCUT2D eigenvalue weighted by Gasteiger charge is -2.14. The van der Waals surface area contributed by atoms with Gasteiger partial charge in [0.2, 0.25) is 0 Å². The van der Waals surface area contributed by atoms with Gasteiger partial charge >= 0.3 is 5.97 Å². The summed E-state index contributed by atoms with van der Waals surface area (Å²) in [5.74, 6) is 0.396. The van der Waals surface area contributed by atoms with Gasteiger partial charge < -0.3 is 19.3 Å².